The van der Waals surface area contributed by atoms with E-state index in [4.69, 9.17) is 21.8 Å². The number of rotatable bonds is 7. The van der Waals surface area contributed by atoms with Crippen LogP contribution in [0.4, 0.5) is 4.79 Å². The lowest BCUT2D eigenvalue weighted by Crippen LogP contribution is -2.46. The Bertz CT molecular complexity index is 535. The molecular weight excluding hydrogens is 300 g/mol. The summed E-state index contributed by atoms with van der Waals surface area (Å²) in [6.45, 7) is 0.136. The molecule has 21 heavy (non-hydrogen) atoms. The van der Waals surface area contributed by atoms with Crippen molar-refractivity contribution in [2.75, 3.05) is 0 Å². The van der Waals surface area contributed by atoms with Crippen LogP contribution in [0.1, 0.15) is 18.4 Å². The van der Waals surface area contributed by atoms with Crippen molar-refractivity contribution in [3.05, 3.63) is 34.9 Å². The maximum atomic E-state index is 11.6. The molecule has 7 nitrogen and oxygen atoms in total. The van der Waals surface area contributed by atoms with Gasteiger partial charge in [0.15, 0.2) is 0 Å². The molecule has 1 aromatic rings. The van der Waals surface area contributed by atoms with Gasteiger partial charge in [-0.25, -0.2) is 9.59 Å². The quantitative estimate of drug-likeness (QED) is 0.608. The molecule has 114 valence electrons. The van der Waals surface area contributed by atoms with E-state index in [-0.39, 0.29) is 19.4 Å². The van der Waals surface area contributed by atoms with E-state index >= 15 is 0 Å². The van der Waals surface area contributed by atoms with Crippen LogP contribution in [0.5, 0.6) is 0 Å². The van der Waals surface area contributed by atoms with Crippen LogP contribution in [0.15, 0.2) is 24.3 Å². The number of hydrogen-bond acceptors (Lipinski definition) is 3. The van der Waals surface area contributed by atoms with Crippen molar-refractivity contribution in [3.63, 3.8) is 0 Å². The van der Waals surface area contributed by atoms with Gasteiger partial charge in [0.1, 0.15) is 6.04 Å². The Labute approximate surface area is 125 Å². The van der Waals surface area contributed by atoms with Crippen molar-refractivity contribution in [2.45, 2.75) is 25.4 Å². The predicted octanol–water partition coefficient (Wildman–Crippen LogP) is 1.46. The highest BCUT2D eigenvalue weighted by Gasteiger charge is 2.20. The van der Waals surface area contributed by atoms with Gasteiger partial charge in [-0.1, -0.05) is 29.8 Å². The number of benzene rings is 1. The number of nitrogens with one attached hydrogen (secondary N) is 2. The highest BCUT2D eigenvalue weighted by Crippen LogP contribution is 2.14. The summed E-state index contributed by atoms with van der Waals surface area (Å²) < 4.78 is 0. The van der Waals surface area contributed by atoms with Crippen LogP contribution >= 0.6 is 11.6 Å². The first-order chi connectivity index (χ1) is 9.90. The van der Waals surface area contributed by atoms with Gasteiger partial charge in [-0.05, 0) is 18.1 Å². The average molecular weight is 315 g/mol. The third kappa shape index (κ3) is 6.13. The number of carbonyl (C=O) groups is 3. The fourth-order valence-electron chi connectivity index (χ4n) is 1.55. The van der Waals surface area contributed by atoms with E-state index in [2.05, 4.69) is 10.6 Å². The summed E-state index contributed by atoms with van der Waals surface area (Å²) in [4.78, 5) is 33.0. The SMILES string of the molecule is O=C(O)CC[C@H](NC(=O)NCc1ccccc1Cl)C(=O)O. The number of aliphatic carboxylic acids is 2. The number of carboxylic acids is 2. The second-order valence-electron chi connectivity index (χ2n) is 4.24. The zero-order valence-corrected chi connectivity index (χ0v) is 11.8. The minimum atomic E-state index is -1.29. The molecule has 0 saturated heterocycles. The molecule has 4 N–H and O–H groups in total. The first-order valence-electron chi connectivity index (χ1n) is 6.12. The molecule has 0 saturated carbocycles. The van der Waals surface area contributed by atoms with E-state index in [1.165, 1.54) is 0 Å². The Morgan fingerprint density at radius 2 is 1.86 bits per heavy atom. The van der Waals surface area contributed by atoms with Gasteiger partial charge in [-0.2, -0.15) is 0 Å². The molecular formula is C13H15ClN2O5. The third-order valence-electron chi connectivity index (χ3n) is 2.65. The predicted molar refractivity (Wildman–Crippen MR) is 75.1 cm³/mol. The molecule has 1 aromatic carbocycles. The number of amides is 2. The number of hydrogen-bond donors (Lipinski definition) is 4. The summed E-state index contributed by atoms with van der Waals surface area (Å²) in [6, 6.07) is 4.94. The van der Waals surface area contributed by atoms with E-state index in [0.717, 1.165) is 0 Å². The summed E-state index contributed by atoms with van der Waals surface area (Å²) in [5.74, 6) is -2.41. The highest BCUT2D eigenvalue weighted by molar-refractivity contribution is 6.31. The summed E-state index contributed by atoms with van der Waals surface area (Å²) in [5.41, 5.74) is 0.687. The molecule has 0 heterocycles. The maximum absolute atomic E-state index is 11.6. The van der Waals surface area contributed by atoms with E-state index in [1.54, 1.807) is 24.3 Å². The van der Waals surface area contributed by atoms with Gasteiger partial charge in [-0.3, -0.25) is 4.79 Å². The second kappa shape index (κ2) is 8.11. The van der Waals surface area contributed by atoms with Gasteiger partial charge >= 0.3 is 18.0 Å². The number of carboxylic acid groups (broad SMARTS) is 2. The number of carbonyl (C=O) groups excluding carboxylic acids is 1. The van der Waals surface area contributed by atoms with Crippen LogP contribution in [-0.4, -0.2) is 34.2 Å². The van der Waals surface area contributed by atoms with E-state index in [0.29, 0.717) is 10.6 Å². The van der Waals surface area contributed by atoms with Crippen LogP contribution < -0.4 is 10.6 Å². The van der Waals surface area contributed by atoms with Crippen molar-refractivity contribution in [1.82, 2.24) is 10.6 Å². The molecule has 1 atom stereocenters. The number of halogens is 1. The molecule has 0 aliphatic heterocycles. The van der Waals surface area contributed by atoms with E-state index in [1.807, 2.05) is 0 Å². The van der Waals surface area contributed by atoms with Gasteiger partial charge in [0.05, 0.1) is 0 Å². The molecule has 8 heteroatoms. The zero-order valence-electron chi connectivity index (χ0n) is 11.0. The molecule has 0 spiro atoms. The lowest BCUT2D eigenvalue weighted by Gasteiger charge is -2.14. The van der Waals surface area contributed by atoms with E-state index in [9.17, 15) is 14.4 Å². The molecule has 0 aromatic heterocycles. The smallest absolute Gasteiger partial charge is 0.326 e. The Morgan fingerprint density at radius 1 is 1.19 bits per heavy atom. The standard InChI is InChI=1S/C13H15ClN2O5/c14-9-4-2-1-3-8(9)7-15-13(21)16-10(12(19)20)5-6-11(17)18/h1-4,10H,5-7H2,(H,17,18)(H,19,20)(H2,15,16,21)/t10-/m0/s1. The van der Waals surface area contributed by atoms with Crippen LogP contribution in [0.2, 0.25) is 5.02 Å². The van der Waals surface area contributed by atoms with Crippen LogP contribution in [0, 0.1) is 0 Å². The second-order valence-corrected chi connectivity index (χ2v) is 4.65. The van der Waals surface area contributed by atoms with Gasteiger partial charge in [-0.15, -0.1) is 0 Å². The molecule has 0 bridgehead atoms. The van der Waals surface area contributed by atoms with Crippen LogP contribution in [0.3, 0.4) is 0 Å². The van der Waals surface area contributed by atoms with Crippen molar-refractivity contribution in [3.8, 4) is 0 Å². The van der Waals surface area contributed by atoms with Crippen LogP contribution in [-0.2, 0) is 16.1 Å². The molecule has 2 amide bonds. The Hall–Kier alpha value is -2.28. The Kier molecular flexibility index (Phi) is 6.48. The van der Waals surface area contributed by atoms with Gasteiger partial charge in [0.2, 0.25) is 0 Å². The Morgan fingerprint density at radius 3 is 2.43 bits per heavy atom. The largest absolute Gasteiger partial charge is 0.481 e. The van der Waals surface area contributed by atoms with Crippen molar-refractivity contribution < 1.29 is 24.6 Å². The summed E-state index contributed by atoms with van der Waals surface area (Å²) in [5, 5.41) is 22.6. The summed E-state index contributed by atoms with van der Waals surface area (Å²) in [6.07, 6.45) is -0.536. The van der Waals surface area contributed by atoms with E-state index < -0.39 is 24.0 Å². The molecule has 0 unspecified atom stereocenters. The lowest BCUT2D eigenvalue weighted by molar-refractivity contribution is -0.140. The first-order valence-corrected chi connectivity index (χ1v) is 6.50. The normalized spacial score (nSPS) is 11.5. The third-order valence-corrected chi connectivity index (χ3v) is 3.02. The van der Waals surface area contributed by atoms with Crippen molar-refractivity contribution >= 4 is 29.6 Å². The monoisotopic (exact) mass is 314 g/mol. The highest BCUT2D eigenvalue weighted by atomic mass is 35.5. The molecule has 0 fully saturated rings. The van der Waals surface area contributed by atoms with Crippen molar-refractivity contribution in [1.29, 1.82) is 0 Å². The van der Waals surface area contributed by atoms with Crippen molar-refractivity contribution in [2.24, 2.45) is 0 Å². The molecule has 1 rings (SSSR count). The molecule has 0 aliphatic rings. The molecule has 0 aliphatic carbocycles. The summed E-state index contributed by atoms with van der Waals surface area (Å²) >= 11 is 5.92. The van der Waals surface area contributed by atoms with Crippen LogP contribution in [0.25, 0.3) is 0 Å². The maximum Gasteiger partial charge on any atom is 0.326 e. The Balaban J connectivity index is 2.49. The first kappa shape index (κ1) is 16.8. The summed E-state index contributed by atoms with van der Waals surface area (Å²) in [7, 11) is 0. The average Bonchev–Trinajstić information content (AvgIpc) is 2.42. The minimum absolute atomic E-state index is 0.136. The van der Waals surface area contributed by atoms with Gasteiger partial charge in [0.25, 0.3) is 0 Å². The molecule has 0 radical (unpaired) electrons. The topological polar surface area (TPSA) is 116 Å². The minimum Gasteiger partial charge on any atom is -0.481 e. The van der Waals surface area contributed by atoms with Gasteiger partial charge in [0, 0.05) is 18.0 Å². The van der Waals surface area contributed by atoms with Gasteiger partial charge < -0.3 is 20.8 Å². The fraction of sp³-hybridized carbons (Fsp3) is 0.308. The number of urea groups is 1. The zero-order chi connectivity index (χ0) is 15.8. The fourth-order valence-corrected chi connectivity index (χ4v) is 1.75. The lowest BCUT2D eigenvalue weighted by atomic mass is 10.1.